The SMILES string of the molecule is Cn1nc(C(N)=O)c2c1CCN(Cc1cncn1C1CCCCC1)C2. The smallest absolute Gasteiger partial charge is 0.269 e. The predicted octanol–water partition coefficient (Wildman–Crippen LogP) is 1.78. The van der Waals surface area contributed by atoms with Crippen LogP contribution in [0, 0.1) is 0 Å². The van der Waals surface area contributed by atoms with Crippen LogP contribution in [0.15, 0.2) is 12.5 Å². The van der Waals surface area contributed by atoms with Gasteiger partial charge in [-0.05, 0) is 12.8 Å². The van der Waals surface area contributed by atoms with Crippen LogP contribution in [-0.2, 0) is 26.6 Å². The third kappa shape index (κ3) is 3.08. The number of hydrogen-bond donors (Lipinski definition) is 1. The molecule has 0 unspecified atom stereocenters. The molecule has 0 bridgehead atoms. The lowest BCUT2D eigenvalue weighted by atomic mass is 9.95. The molecule has 2 aromatic rings. The van der Waals surface area contributed by atoms with Gasteiger partial charge in [0, 0.05) is 56.6 Å². The van der Waals surface area contributed by atoms with Gasteiger partial charge in [-0.25, -0.2) is 4.98 Å². The number of imidazole rings is 1. The summed E-state index contributed by atoms with van der Waals surface area (Å²) in [6.45, 7) is 2.53. The van der Waals surface area contributed by atoms with Gasteiger partial charge in [0.15, 0.2) is 5.69 Å². The Kier molecular flexibility index (Phi) is 4.33. The summed E-state index contributed by atoms with van der Waals surface area (Å²) in [6.07, 6.45) is 11.3. The molecule has 4 rings (SSSR count). The van der Waals surface area contributed by atoms with Gasteiger partial charge in [-0.1, -0.05) is 19.3 Å². The molecular formula is C18H26N6O. The zero-order valence-corrected chi connectivity index (χ0v) is 14.8. The first-order valence-electron chi connectivity index (χ1n) is 9.21. The number of carbonyl (C=O) groups excluding carboxylic acids is 1. The molecule has 1 aliphatic carbocycles. The normalized spacial score (nSPS) is 19.1. The highest BCUT2D eigenvalue weighted by Crippen LogP contribution is 2.30. The lowest BCUT2D eigenvalue weighted by Gasteiger charge is -2.30. The van der Waals surface area contributed by atoms with E-state index in [4.69, 9.17) is 5.73 Å². The van der Waals surface area contributed by atoms with Gasteiger partial charge in [0.05, 0.1) is 12.0 Å². The monoisotopic (exact) mass is 342 g/mol. The Hall–Kier alpha value is -2.15. The second-order valence-electron chi connectivity index (χ2n) is 7.31. The second-order valence-corrected chi connectivity index (χ2v) is 7.31. The van der Waals surface area contributed by atoms with Gasteiger partial charge in [-0.3, -0.25) is 14.4 Å². The van der Waals surface area contributed by atoms with Gasteiger partial charge in [0.25, 0.3) is 5.91 Å². The number of aryl methyl sites for hydroxylation is 1. The second kappa shape index (κ2) is 6.63. The molecule has 0 aromatic carbocycles. The number of rotatable bonds is 4. The van der Waals surface area contributed by atoms with E-state index in [2.05, 4.69) is 19.5 Å². The number of aromatic nitrogens is 4. The number of nitrogens with zero attached hydrogens (tertiary/aromatic N) is 5. The molecule has 1 saturated carbocycles. The van der Waals surface area contributed by atoms with Crippen LogP contribution in [0.25, 0.3) is 0 Å². The van der Waals surface area contributed by atoms with Gasteiger partial charge in [-0.2, -0.15) is 5.10 Å². The van der Waals surface area contributed by atoms with Gasteiger partial charge in [0.1, 0.15) is 0 Å². The van der Waals surface area contributed by atoms with Crippen LogP contribution >= 0.6 is 0 Å². The van der Waals surface area contributed by atoms with E-state index < -0.39 is 5.91 Å². The maximum absolute atomic E-state index is 11.7. The topological polar surface area (TPSA) is 82.0 Å². The molecule has 1 aliphatic heterocycles. The molecule has 0 radical (unpaired) electrons. The summed E-state index contributed by atoms with van der Waals surface area (Å²) >= 11 is 0. The van der Waals surface area contributed by atoms with Crippen molar-refractivity contribution in [3.05, 3.63) is 35.2 Å². The Morgan fingerprint density at radius 1 is 1.32 bits per heavy atom. The van der Waals surface area contributed by atoms with Crippen LogP contribution in [0.1, 0.15) is 65.6 Å². The number of hydrogen-bond acceptors (Lipinski definition) is 4. The number of fused-ring (bicyclic) bond motifs is 1. The minimum atomic E-state index is -0.439. The van der Waals surface area contributed by atoms with Crippen LogP contribution in [0.5, 0.6) is 0 Å². The van der Waals surface area contributed by atoms with E-state index in [9.17, 15) is 4.79 Å². The fourth-order valence-electron chi connectivity index (χ4n) is 4.35. The third-order valence-corrected chi connectivity index (χ3v) is 5.65. The van der Waals surface area contributed by atoms with Crippen molar-refractivity contribution in [3.8, 4) is 0 Å². The molecule has 0 saturated heterocycles. The van der Waals surface area contributed by atoms with Crippen LogP contribution < -0.4 is 5.73 Å². The van der Waals surface area contributed by atoms with Crippen molar-refractivity contribution < 1.29 is 4.79 Å². The maximum atomic E-state index is 11.7. The fourth-order valence-corrected chi connectivity index (χ4v) is 4.35. The molecule has 7 nitrogen and oxygen atoms in total. The Bertz CT molecular complexity index is 771. The van der Waals surface area contributed by atoms with E-state index in [0.29, 0.717) is 11.7 Å². The molecule has 0 spiro atoms. The zero-order chi connectivity index (χ0) is 17.4. The first kappa shape index (κ1) is 16.3. The Labute approximate surface area is 147 Å². The average molecular weight is 342 g/mol. The molecule has 0 atom stereocenters. The molecule has 2 aromatic heterocycles. The van der Waals surface area contributed by atoms with Crippen LogP contribution in [0.3, 0.4) is 0 Å². The number of amides is 1. The lowest BCUT2D eigenvalue weighted by molar-refractivity contribution is 0.0992. The van der Waals surface area contributed by atoms with Gasteiger partial charge in [0.2, 0.25) is 0 Å². The molecule has 2 aliphatic rings. The van der Waals surface area contributed by atoms with E-state index in [-0.39, 0.29) is 0 Å². The Morgan fingerprint density at radius 3 is 2.88 bits per heavy atom. The predicted molar refractivity (Wildman–Crippen MR) is 93.9 cm³/mol. The molecule has 3 heterocycles. The van der Waals surface area contributed by atoms with Gasteiger partial charge in [-0.15, -0.1) is 0 Å². The summed E-state index contributed by atoms with van der Waals surface area (Å²) < 4.78 is 4.17. The summed E-state index contributed by atoms with van der Waals surface area (Å²) in [5, 5.41) is 4.31. The highest BCUT2D eigenvalue weighted by molar-refractivity contribution is 5.92. The van der Waals surface area contributed by atoms with E-state index in [1.165, 1.54) is 37.8 Å². The molecule has 1 fully saturated rings. The van der Waals surface area contributed by atoms with Crippen LogP contribution in [0.4, 0.5) is 0 Å². The fraction of sp³-hybridized carbons (Fsp3) is 0.611. The van der Waals surface area contributed by atoms with E-state index in [1.807, 2.05) is 19.6 Å². The summed E-state index contributed by atoms with van der Waals surface area (Å²) in [4.78, 5) is 18.5. The highest BCUT2D eigenvalue weighted by Gasteiger charge is 2.27. The van der Waals surface area contributed by atoms with Crippen molar-refractivity contribution in [2.75, 3.05) is 6.54 Å². The minimum absolute atomic E-state index is 0.419. The number of primary amides is 1. The van der Waals surface area contributed by atoms with Crippen molar-refractivity contribution in [2.24, 2.45) is 12.8 Å². The van der Waals surface area contributed by atoms with E-state index in [0.717, 1.165) is 37.3 Å². The minimum Gasteiger partial charge on any atom is -0.364 e. The summed E-state index contributed by atoms with van der Waals surface area (Å²) in [7, 11) is 1.89. The molecule has 134 valence electrons. The van der Waals surface area contributed by atoms with Crippen molar-refractivity contribution in [1.82, 2.24) is 24.2 Å². The molecule has 25 heavy (non-hydrogen) atoms. The van der Waals surface area contributed by atoms with E-state index in [1.54, 1.807) is 4.68 Å². The van der Waals surface area contributed by atoms with Crippen LogP contribution in [0.2, 0.25) is 0 Å². The summed E-state index contributed by atoms with van der Waals surface area (Å²) in [6, 6.07) is 0.589. The third-order valence-electron chi connectivity index (χ3n) is 5.65. The van der Waals surface area contributed by atoms with Crippen molar-refractivity contribution >= 4 is 5.91 Å². The van der Waals surface area contributed by atoms with Crippen molar-refractivity contribution in [2.45, 2.75) is 57.7 Å². The average Bonchev–Trinajstić information content (AvgIpc) is 3.20. The molecule has 2 N–H and O–H groups in total. The van der Waals surface area contributed by atoms with Gasteiger partial charge >= 0.3 is 0 Å². The quantitative estimate of drug-likeness (QED) is 0.918. The Morgan fingerprint density at radius 2 is 2.12 bits per heavy atom. The Balaban J connectivity index is 1.52. The first-order chi connectivity index (χ1) is 12.1. The number of nitrogens with two attached hydrogens (primary N) is 1. The van der Waals surface area contributed by atoms with Crippen molar-refractivity contribution in [3.63, 3.8) is 0 Å². The molecular weight excluding hydrogens is 316 g/mol. The zero-order valence-electron chi connectivity index (χ0n) is 14.8. The largest absolute Gasteiger partial charge is 0.364 e. The lowest BCUT2D eigenvalue weighted by Crippen LogP contribution is -2.32. The first-order valence-corrected chi connectivity index (χ1v) is 9.21. The summed E-state index contributed by atoms with van der Waals surface area (Å²) in [5.41, 5.74) is 9.31. The highest BCUT2D eigenvalue weighted by atomic mass is 16.1. The standard InChI is InChI=1S/C18H26N6O/c1-22-16-7-8-23(11-15(16)17(21-22)18(19)25)10-14-9-20-12-24(14)13-5-3-2-4-6-13/h9,12-13H,2-8,10-11H2,1H3,(H2,19,25). The van der Waals surface area contributed by atoms with Crippen molar-refractivity contribution in [1.29, 1.82) is 0 Å². The summed E-state index contributed by atoms with van der Waals surface area (Å²) in [5.74, 6) is -0.439. The molecule has 7 heteroatoms. The van der Waals surface area contributed by atoms with Crippen LogP contribution in [-0.4, -0.2) is 36.7 Å². The van der Waals surface area contributed by atoms with E-state index >= 15 is 0 Å². The molecule has 1 amide bonds. The maximum Gasteiger partial charge on any atom is 0.269 e. The van der Waals surface area contributed by atoms with Gasteiger partial charge < -0.3 is 10.3 Å². The number of carbonyl (C=O) groups is 1.